The van der Waals surface area contributed by atoms with Crippen LogP contribution in [0.4, 0.5) is 8.78 Å². The van der Waals surface area contributed by atoms with E-state index in [0.29, 0.717) is 42.0 Å². The lowest BCUT2D eigenvalue weighted by molar-refractivity contribution is 0.0690. The van der Waals surface area contributed by atoms with E-state index < -0.39 is 11.8 Å². The summed E-state index contributed by atoms with van der Waals surface area (Å²) in [5.74, 6) is -1.01. The fraction of sp³-hybridized carbons (Fsp3) is 0.238. The zero-order valence-electron chi connectivity index (χ0n) is 15.0. The number of aromatic nitrogens is 1. The SMILES string of the molecule is O=C(O)c1cc(OCCCCCOc2ccc(F)cc2)c2cc(F)ccc2n1. The molecule has 0 fully saturated rings. The van der Waals surface area contributed by atoms with Crippen LogP contribution in [0.5, 0.6) is 11.5 Å². The normalized spacial score (nSPS) is 10.8. The number of ether oxygens (including phenoxy) is 2. The van der Waals surface area contributed by atoms with E-state index in [2.05, 4.69) is 4.98 Å². The van der Waals surface area contributed by atoms with Gasteiger partial charge < -0.3 is 14.6 Å². The Morgan fingerprint density at radius 1 is 0.893 bits per heavy atom. The zero-order chi connectivity index (χ0) is 19.9. The van der Waals surface area contributed by atoms with Crippen molar-refractivity contribution < 1.29 is 28.2 Å². The standard InChI is InChI=1S/C21H19F2NO4/c22-14-4-7-16(8-5-14)27-10-2-1-3-11-28-20-13-19(21(25)26)24-18-9-6-15(23)12-17(18)20/h4-9,12-13H,1-3,10-11H2,(H,25,26). The predicted octanol–water partition coefficient (Wildman–Crippen LogP) is 4.84. The molecule has 5 nitrogen and oxygen atoms in total. The Morgan fingerprint density at radius 3 is 2.29 bits per heavy atom. The maximum atomic E-state index is 13.5. The highest BCUT2D eigenvalue weighted by atomic mass is 19.1. The summed E-state index contributed by atoms with van der Waals surface area (Å²) in [6.07, 6.45) is 2.32. The lowest BCUT2D eigenvalue weighted by atomic mass is 10.1. The number of carbonyl (C=O) groups is 1. The number of aromatic carboxylic acids is 1. The summed E-state index contributed by atoms with van der Waals surface area (Å²) in [6.45, 7) is 0.851. The third-order valence-corrected chi connectivity index (χ3v) is 4.08. The first-order chi connectivity index (χ1) is 13.5. The van der Waals surface area contributed by atoms with E-state index in [4.69, 9.17) is 9.47 Å². The van der Waals surface area contributed by atoms with Gasteiger partial charge >= 0.3 is 5.97 Å². The minimum absolute atomic E-state index is 0.151. The second-order valence-corrected chi connectivity index (χ2v) is 6.18. The Bertz CT molecular complexity index is 961. The molecule has 7 heteroatoms. The molecule has 0 aliphatic carbocycles. The minimum atomic E-state index is -1.17. The molecule has 0 radical (unpaired) electrons. The highest BCUT2D eigenvalue weighted by Gasteiger charge is 2.12. The number of nitrogens with zero attached hydrogens (tertiary/aromatic N) is 1. The molecule has 1 heterocycles. The Morgan fingerprint density at radius 2 is 1.57 bits per heavy atom. The molecule has 146 valence electrons. The van der Waals surface area contributed by atoms with E-state index in [0.717, 1.165) is 12.8 Å². The van der Waals surface area contributed by atoms with Crippen LogP contribution in [-0.4, -0.2) is 29.3 Å². The van der Waals surface area contributed by atoms with Gasteiger partial charge in [-0.1, -0.05) is 0 Å². The number of rotatable bonds is 9. The van der Waals surface area contributed by atoms with Gasteiger partial charge in [-0.05, 0) is 61.7 Å². The topological polar surface area (TPSA) is 68.7 Å². The Labute approximate surface area is 160 Å². The molecule has 0 saturated carbocycles. The van der Waals surface area contributed by atoms with Crippen molar-refractivity contribution in [3.63, 3.8) is 0 Å². The molecule has 3 rings (SSSR count). The summed E-state index contributed by atoms with van der Waals surface area (Å²) in [5, 5.41) is 9.61. The highest BCUT2D eigenvalue weighted by Crippen LogP contribution is 2.26. The fourth-order valence-corrected chi connectivity index (χ4v) is 2.68. The third-order valence-electron chi connectivity index (χ3n) is 4.08. The van der Waals surface area contributed by atoms with Crippen molar-refractivity contribution in [2.24, 2.45) is 0 Å². The summed E-state index contributed by atoms with van der Waals surface area (Å²) in [5.41, 5.74) is 0.214. The third kappa shape index (κ3) is 5.16. The van der Waals surface area contributed by atoms with Crippen molar-refractivity contribution in [3.8, 4) is 11.5 Å². The second kappa shape index (κ2) is 9.12. The number of fused-ring (bicyclic) bond motifs is 1. The predicted molar refractivity (Wildman–Crippen MR) is 99.9 cm³/mol. The van der Waals surface area contributed by atoms with Crippen LogP contribution in [0.15, 0.2) is 48.5 Å². The molecular formula is C21H19F2NO4. The van der Waals surface area contributed by atoms with E-state index in [9.17, 15) is 18.7 Å². The lowest BCUT2D eigenvalue weighted by Crippen LogP contribution is -2.05. The van der Waals surface area contributed by atoms with Gasteiger partial charge in [0, 0.05) is 11.5 Å². The van der Waals surface area contributed by atoms with Crippen LogP contribution in [0.2, 0.25) is 0 Å². The van der Waals surface area contributed by atoms with Gasteiger partial charge in [0.15, 0.2) is 5.69 Å². The first kappa shape index (κ1) is 19.5. The summed E-state index contributed by atoms with van der Waals surface area (Å²) in [4.78, 5) is 15.2. The molecule has 3 aromatic rings. The number of hydrogen-bond acceptors (Lipinski definition) is 4. The summed E-state index contributed by atoms with van der Waals surface area (Å²) < 4.78 is 37.6. The number of pyridine rings is 1. The van der Waals surface area contributed by atoms with Gasteiger partial charge in [-0.15, -0.1) is 0 Å². The molecule has 0 amide bonds. The minimum Gasteiger partial charge on any atom is -0.494 e. The highest BCUT2D eigenvalue weighted by molar-refractivity contribution is 5.93. The molecule has 28 heavy (non-hydrogen) atoms. The quantitative estimate of drug-likeness (QED) is 0.532. The Kier molecular flexibility index (Phi) is 6.37. The fourth-order valence-electron chi connectivity index (χ4n) is 2.68. The van der Waals surface area contributed by atoms with Gasteiger partial charge in [0.05, 0.1) is 18.7 Å². The van der Waals surface area contributed by atoms with Gasteiger partial charge in [-0.3, -0.25) is 0 Å². The number of unbranched alkanes of at least 4 members (excludes halogenated alkanes) is 2. The lowest BCUT2D eigenvalue weighted by Gasteiger charge is -2.11. The zero-order valence-corrected chi connectivity index (χ0v) is 15.0. The van der Waals surface area contributed by atoms with Crippen molar-refractivity contribution in [3.05, 3.63) is 65.9 Å². The molecule has 0 saturated heterocycles. The maximum absolute atomic E-state index is 13.5. The molecular weight excluding hydrogens is 368 g/mol. The first-order valence-electron chi connectivity index (χ1n) is 8.88. The van der Waals surface area contributed by atoms with Crippen molar-refractivity contribution in [1.82, 2.24) is 4.98 Å². The van der Waals surface area contributed by atoms with E-state index in [1.807, 2.05) is 0 Å². The number of halogens is 2. The Balaban J connectivity index is 1.50. The van der Waals surface area contributed by atoms with Crippen molar-refractivity contribution in [2.75, 3.05) is 13.2 Å². The second-order valence-electron chi connectivity index (χ2n) is 6.18. The number of carboxylic acid groups (broad SMARTS) is 1. The van der Waals surface area contributed by atoms with E-state index in [-0.39, 0.29) is 11.5 Å². The van der Waals surface area contributed by atoms with Crippen LogP contribution in [0.1, 0.15) is 29.8 Å². The molecule has 0 bridgehead atoms. The van der Waals surface area contributed by atoms with Gasteiger partial charge in [-0.25, -0.2) is 18.6 Å². The van der Waals surface area contributed by atoms with E-state index in [1.165, 1.54) is 36.4 Å². The van der Waals surface area contributed by atoms with Crippen molar-refractivity contribution in [2.45, 2.75) is 19.3 Å². The molecule has 0 atom stereocenters. The molecule has 0 unspecified atom stereocenters. The Hall–Kier alpha value is -3.22. The van der Waals surface area contributed by atoms with Crippen LogP contribution in [0.3, 0.4) is 0 Å². The molecule has 2 aromatic carbocycles. The first-order valence-corrected chi connectivity index (χ1v) is 8.88. The average molecular weight is 387 g/mol. The van der Waals surface area contributed by atoms with Gasteiger partial charge in [0.1, 0.15) is 23.1 Å². The summed E-state index contributed by atoms with van der Waals surface area (Å²) in [7, 11) is 0. The molecule has 1 N–H and O–H groups in total. The van der Waals surface area contributed by atoms with E-state index >= 15 is 0 Å². The largest absolute Gasteiger partial charge is 0.494 e. The van der Waals surface area contributed by atoms with Gasteiger partial charge in [-0.2, -0.15) is 0 Å². The van der Waals surface area contributed by atoms with E-state index in [1.54, 1.807) is 12.1 Å². The molecule has 1 aromatic heterocycles. The average Bonchev–Trinajstić information content (AvgIpc) is 2.68. The van der Waals surface area contributed by atoms with Crippen molar-refractivity contribution >= 4 is 16.9 Å². The number of hydrogen-bond donors (Lipinski definition) is 1. The van der Waals surface area contributed by atoms with Crippen LogP contribution in [0.25, 0.3) is 10.9 Å². The van der Waals surface area contributed by atoms with Crippen LogP contribution in [-0.2, 0) is 0 Å². The summed E-state index contributed by atoms with van der Waals surface area (Å²) in [6, 6.07) is 11.1. The summed E-state index contributed by atoms with van der Waals surface area (Å²) >= 11 is 0. The molecule has 0 aliphatic heterocycles. The number of benzene rings is 2. The molecule has 0 aliphatic rings. The molecule has 0 spiro atoms. The van der Waals surface area contributed by atoms with Gasteiger partial charge in [0.25, 0.3) is 0 Å². The van der Waals surface area contributed by atoms with Crippen LogP contribution < -0.4 is 9.47 Å². The maximum Gasteiger partial charge on any atom is 0.354 e. The van der Waals surface area contributed by atoms with Crippen LogP contribution >= 0.6 is 0 Å². The van der Waals surface area contributed by atoms with Crippen LogP contribution in [0, 0.1) is 11.6 Å². The smallest absolute Gasteiger partial charge is 0.354 e. The van der Waals surface area contributed by atoms with Crippen molar-refractivity contribution in [1.29, 1.82) is 0 Å². The number of carboxylic acids is 1. The monoisotopic (exact) mass is 387 g/mol. The van der Waals surface area contributed by atoms with Gasteiger partial charge in [0.2, 0.25) is 0 Å².